The molecule has 3 amide bonds. The van der Waals surface area contributed by atoms with Gasteiger partial charge in [0.2, 0.25) is 5.91 Å². The number of benzene rings is 1. The fraction of sp³-hybridized carbons (Fsp3) is 0.556. The molecule has 200 valence electrons. The number of rotatable bonds is 8. The predicted octanol–water partition coefficient (Wildman–Crippen LogP) is 1.85. The summed E-state index contributed by atoms with van der Waals surface area (Å²) >= 11 is 0. The van der Waals surface area contributed by atoms with Crippen molar-refractivity contribution in [2.45, 2.75) is 20.3 Å². The van der Waals surface area contributed by atoms with E-state index in [1.54, 1.807) is 4.90 Å². The molecule has 0 saturated carbocycles. The Labute approximate surface area is 219 Å². The number of hydrogen-bond donors (Lipinski definition) is 1. The molecular formula is C27H39N7O3. The molecule has 1 aromatic heterocycles. The minimum atomic E-state index is -0.190. The topological polar surface area (TPSA) is 94.1 Å². The van der Waals surface area contributed by atoms with Gasteiger partial charge in [-0.15, -0.1) is 10.2 Å². The van der Waals surface area contributed by atoms with Crippen molar-refractivity contribution in [3.63, 3.8) is 0 Å². The highest BCUT2D eigenvalue weighted by atomic mass is 16.5. The molecule has 4 rings (SSSR count). The number of ether oxygens (including phenoxy) is 1. The van der Waals surface area contributed by atoms with E-state index in [0.717, 1.165) is 49.7 Å². The molecule has 2 fully saturated rings. The highest BCUT2D eigenvalue weighted by Crippen LogP contribution is 2.20. The third-order valence-corrected chi connectivity index (χ3v) is 6.90. The van der Waals surface area contributed by atoms with Crippen LogP contribution in [0.2, 0.25) is 0 Å². The molecule has 10 heteroatoms. The van der Waals surface area contributed by atoms with Gasteiger partial charge in [-0.05, 0) is 32.4 Å². The van der Waals surface area contributed by atoms with Crippen LogP contribution >= 0.6 is 0 Å². The minimum Gasteiger partial charge on any atom is -0.379 e. The van der Waals surface area contributed by atoms with E-state index in [-0.39, 0.29) is 18.5 Å². The van der Waals surface area contributed by atoms with Gasteiger partial charge in [0.15, 0.2) is 5.82 Å². The lowest BCUT2D eigenvalue weighted by Gasteiger charge is -2.31. The second-order valence-electron chi connectivity index (χ2n) is 9.58. The number of carbonyl (C=O) groups excluding carboxylic acids is 2. The number of aromatic nitrogens is 2. The van der Waals surface area contributed by atoms with E-state index in [4.69, 9.17) is 4.74 Å². The van der Waals surface area contributed by atoms with E-state index in [0.29, 0.717) is 45.9 Å². The Kier molecular flexibility index (Phi) is 9.67. The second-order valence-corrected chi connectivity index (χ2v) is 9.58. The van der Waals surface area contributed by atoms with E-state index in [1.165, 1.54) is 5.56 Å². The molecule has 3 heterocycles. The molecule has 0 bridgehead atoms. The fourth-order valence-corrected chi connectivity index (χ4v) is 4.63. The molecule has 0 aliphatic carbocycles. The quantitative estimate of drug-likeness (QED) is 0.581. The first kappa shape index (κ1) is 26.8. The molecule has 2 saturated heterocycles. The zero-order valence-electron chi connectivity index (χ0n) is 22.1. The van der Waals surface area contributed by atoms with Crippen LogP contribution in [0.25, 0.3) is 11.3 Å². The van der Waals surface area contributed by atoms with Gasteiger partial charge in [-0.1, -0.05) is 29.8 Å². The number of nitrogens with zero attached hydrogens (tertiary/aromatic N) is 6. The Bertz CT molecular complexity index is 1010. The fourth-order valence-electron chi connectivity index (χ4n) is 4.63. The molecule has 1 N–H and O–H groups in total. The average Bonchev–Trinajstić information content (AvgIpc) is 3.19. The van der Waals surface area contributed by atoms with E-state index in [9.17, 15) is 9.59 Å². The van der Waals surface area contributed by atoms with Crippen molar-refractivity contribution in [2.75, 3.05) is 83.6 Å². The van der Waals surface area contributed by atoms with E-state index >= 15 is 0 Å². The molecule has 0 unspecified atom stereocenters. The lowest BCUT2D eigenvalue weighted by molar-refractivity contribution is -0.131. The van der Waals surface area contributed by atoms with Gasteiger partial charge in [0.25, 0.3) is 0 Å². The van der Waals surface area contributed by atoms with Crippen LogP contribution in [0.5, 0.6) is 0 Å². The Hall–Kier alpha value is -3.24. The molecule has 1 aromatic carbocycles. The zero-order chi connectivity index (χ0) is 26.0. The number of morpholine rings is 1. The number of anilines is 1. The van der Waals surface area contributed by atoms with Crippen LogP contribution in [-0.2, 0) is 9.53 Å². The summed E-state index contributed by atoms with van der Waals surface area (Å²) in [4.78, 5) is 33.8. The van der Waals surface area contributed by atoms with Gasteiger partial charge in [0.1, 0.15) is 6.54 Å². The van der Waals surface area contributed by atoms with Gasteiger partial charge in [0, 0.05) is 64.5 Å². The SMILES string of the molecule is CCNC(=O)N(CCN1CCOCC1)CC(=O)N1CCCN(c2ccc(-c3ccc(C)cc3)nn2)CC1. The first-order valence-electron chi connectivity index (χ1n) is 13.3. The van der Waals surface area contributed by atoms with Gasteiger partial charge in [-0.2, -0.15) is 0 Å². The molecule has 2 aromatic rings. The highest BCUT2D eigenvalue weighted by Gasteiger charge is 2.24. The molecule has 2 aliphatic rings. The maximum atomic E-state index is 13.2. The monoisotopic (exact) mass is 509 g/mol. The molecule has 2 aliphatic heterocycles. The van der Waals surface area contributed by atoms with Gasteiger partial charge in [0.05, 0.1) is 18.9 Å². The number of hydrogen-bond acceptors (Lipinski definition) is 7. The number of aryl methyl sites for hydroxylation is 1. The lowest BCUT2D eigenvalue weighted by Crippen LogP contribution is -2.50. The summed E-state index contributed by atoms with van der Waals surface area (Å²) in [5.41, 5.74) is 3.10. The van der Waals surface area contributed by atoms with Crippen molar-refractivity contribution in [1.82, 2.24) is 30.2 Å². The number of carbonyl (C=O) groups is 2. The number of amides is 3. The summed E-state index contributed by atoms with van der Waals surface area (Å²) in [6.45, 7) is 11.7. The van der Waals surface area contributed by atoms with Crippen LogP contribution in [0.1, 0.15) is 18.9 Å². The average molecular weight is 510 g/mol. The molecule has 0 atom stereocenters. The minimum absolute atomic E-state index is 0.0177. The van der Waals surface area contributed by atoms with Crippen molar-refractivity contribution in [1.29, 1.82) is 0 Å². The van der Waals surface area contributed by atoms with Crippen molar-refractivity contribution in [2.24, 2.45) is 0 Å². The van der Waals surface area contributed by atoms with E-state index in [1.807, 2.05) is 24.0 Å². The first-order valence-corrected chi connectivity index (χ1v) is 13.3. The Morgan fingerprint density at radius 3 is 2.46 bits per heavy atom. The summed E-state index contributed by atoms with van der Waals surface area (Å²) in [5, 5.41) is 11.8. The zero-order valence-corrected chi connectivity index (χ0v) is 22.1. The van der Waals surface area contributed by atoms with Gasteiger partial charge in [-0.3, -0.25) is 9.69 Å². The summed E-state index contributed by atoms with van der Waals surface area (Å²) in [6.07, 6.45) is 0.835. The van der Waals surface area contributed by atoms with Crippen LogP contribution < -0.4 is 10.2 Å². The maximum Gasteiger partial charge on any atom is 0.317 e. The Morgan fingerprint density at radius 2 is 1.76 bits per heavy atom. The van der Waals surface area contributed by atoms with Gasteiger partial charge >= 0.3 is 6.03 Å². The lowest BCUT2D eigenvalue weighted by atomic mass is 10.1. The smallest absolute Gasteiger partial charge is 0.317 e. The Balaban J connectivity index is 1.32. The van der Waals surface area contributed by atoms with Crippen molar-refractivity contribution < 1.29 is 14.3 Å². The van der Waals surface area contributed by atoms with Gasteiger partial charge < -0.3 is 24.8 Å². The molecule has 0 radical (unpaired) electrons. The van der Waals surface area contributed by atoms with E-state index < -0.39 is 0 Å². The van der Waals surface area contributed by atoms with E-state index in [2.05, 4.69) is 56.5 Å². The standard InChI is InChI=1S/C27H39N7O3/c1-3-28-27(36)34(14-13-31-17-19-37-20-18-31)21-26(35)33-12-4-11-32(15-16-33)25-10-9-24(29-30-25)23-7-5-22(2)6-8-23/h5-10H,3-4,11-21H2,1-2H3,(H,28,36). The van der Waals surface area contributed by atoms with Gasteiger partial charge in [-0.25, -0.2) is 4.79 Å². The van der Waals surface area contributed by atoms with Crippen LogP contribution in [0.15, 0.2) is 36.4 Å². The predicted molar refractivity (Wildman–Crippen MR) is 144 cm³/mol. The van der Waals surface area contributed by atoms with Crippen molar-refractivity contribution in [3.8, 4) is 11.3 Å². The van der Waals surface area contributed by atoms with Crippen LogP contribution in [0.4, 0.5) is 10.6 Å². The second kappa shape index (κ2) is 13.3. The third-order valence-electron chi connectivity index (χ3n) is 6.90. The molecular weight excluding hydrogens is 470 g/mol. The van der Waals surface area contributed by atoms with Crippen LogP contribution in [-0.4, -0.2) is 115 Å². The Morgan fingerprint density at radius 1 is 0.973 bits per heavy atom. The number of nitrogens with one attached hydrogen (secondary N) is 1. The normalized spacial score (nSPS) is 16.8. The first-order chi connectivity index (χ1) is 18.0. The molecule has 10 nitrogen and oxygen atoms in total. The summed E-state index contributed by atoms with van der Waals surface area (Å²) in [5.74, 6) is 0.801. The summed E-state index contributed by atoms with van der Waals surface area (Å²) < 4.78 is 5.41. The summed E-state index contributed by atoms with van der Waals surface area (Å²) in [7, 11) is 0. The highest BCUT2D eigenvalue weighted by molar-refractivity contribution is 5.84. The van der Waals surface area contributed by atoms with Crippen molar-refractivity contribution in [3.05, 3.63) is 42.0 Å². The number of urea groups is 1. The van der Waals surface area contributed by atoms with Crippen LogP contribution in [0.3, 0.4) is 0 Å². The molecule has 0 spiro atoms. The third kappa shape index (κ3) is 7.62. The largest absolute Gasteiger partial charge is 0.379 e. The maximum absolute atomic E-state index is 13.2. The summed E-state index contributed by atoms with van der Waals surface area (Å²) in [6, 6.07) is 12.1. The molecule has 37 heavy (non-hydrogen) atoms. The van der Waals surface area contributed by atoms with Crippen molar-refractivity contribution >= 4 is 17.8 Å². The van der Waals surface area contributed by atoms with Crippen LogP contribution in [0, 0.1) is 6.92 Å².